The van der Waals surface area contributed by atoms with Crippen LogP contribution in [0.2, 0.25) is 0 Å². The van der Waals surface area contributed by atoms with Gasteiger partial charge in [-0.2, -0.15) is 0 Å². The molecule has 0 amide bonds. The Balaban J connectivity index is 1.74. The lowest BCUT2D eigenvalue weighted by Crippen LogP contribution is -2.40. The molecule has 2 atom stereocenters. The number of pyridine rings is 1. The summed E-state index contributed by atoms with van der Waals surface area (Å²) in [5.74, 6) is 2.75. The van der Waals surface area contributed by atoms with Crippen LogP contribution in [0.15, 0.2) is 18.3 Å². The molecule has 1 saturated heterocycles. The molecule has 0 spiro atoms. The maximum absolute atomic E-state index is 4.66. The van der Waals surface area contributed by atoms with Gasteiger partial charge in [-0.05, 0) is 37.2 Å². The van der Waals surface area contributed by atoms with Crippen molar-refractivity contribution >= 4 is 5.82 Å². The summed E-state index contributed by atoms with van der Waals surface area (Å²) in [7, 11) is 0. The molecule has 0 bridgehead atoms. The fraction of sp³-hybridized carbons (Fsp3) is 0.688. The fourth-order valence-electron chi connectivity index (χ4n) is 3.23. The number of piperidine rings is 1. The molecule has 1 saturated carbocycles. The minimum atomic E-state index is 0.757. The summed E-state index contributed by atoms with van der Waals surface area (Å²) in [5.41, 5.74) is 1.36. The van der Waals surface area contributed by atoms with Crippen LogP contribution in [-0.4, -0.2) is 24.1 Å². The van der Waals surface area contributed by atoms with E-state index in [1.807, 2.05) is 6.20 Å². The Morgan fingerprint density at radius 3 is 2.68 bits per heavy atom. The topological polar surface area (TPSA) is 28.2 Å². The second kappa shape index (κ2) is 5.49. The van der Waals surface area contributed by atoms with Crippen LogP contribution in [0.1, 0.15) is 38.7 Å². The molecule has 1 aromatic rings. The zero-order valence-corrected chi connectivity index (χ0v) is 12.1. The molecule has 2 aliphatic rings. The predicted molar refractivity (Wildman–Crippen MR) is 79.3 cm³/mol. The lowest BCUT2D eigenvalue weighted by molar-refractivity contribution is 0.354. The number of hydrogen-bond donors (Lipinski definition) is 1. The van der Waals surface area contributed by atoms with Crippen LogP contribution in [0.3, 0.4) is 0 Å². The van der Waals surface area contributed by atoms with Crippen molar-refractivity contribution in [3.63, 3.8) is 0 Å². The van der Waals surface area contributed by atoms with Crippen molar-refractivity contribution < 1.29 is 0 Å². The first-order chi connectivity index (χ1) is 9.22. The van der Waals surface area contributed by atoms with Gasteiger partial charge in [-0.1, -0.05) is 19.9 Å². The molecule has 1 aliphatic carbocycles. The van der Waals surface area contributed by atoms with E-state index in [9.17, 15) is 0 Å². The Kier molecular flexibility index (Phi) is 3.74. The molecule has 19 heavy (non-hydrogen) atoms. The van der Waals surface area contributed by atoms with Crippen LogP contribution in [0.25, 0.3) is 0 Å². The highest BCUT2D eigenvalue weighted by Crippen LogP contribution is 2.28. The van der Waals surface area contributed by atoms with Crippen molar-refractivity contribution in [1.82, 2.24) is 10.3 Å². The molecule has 104 valence electrons. The van der Waals surface area contributed by atoms with Gasteiger partial charge in [0.15, 0.2) is 0 Å². The van der Waals surface area contributed by atoms with Crippen LogP contribution in [0, 0.1) is 11.8 Å². The van der Waals surface area contributed by atoms with E-state index < -0.39 is 0 Å². The third-order valence-corrected chi connectivity index (χ3v) is 4.19. The lowest BCUT2D eigenvalue weighted by atomic mass is 9.91. The van der Waals surface area contributed by atoms with E-state index in [1.165, 1.54) is 30.6 Å². The third kappa shape index (κ3) is 3.27. The predicted octanol–water partition coefficient (Wildman–Crippen LogP) is 2.82. The number of anilines is 1. The highest BCUT2D eigenvalue weighted by molar-refractivity contribution is 5.47. The Bertz CT molecular complexity index is 418. The van der Waals surface area contributed by atoms with Crippen molar-refractivity contribution in [1.29, 1.82) is 0 Å². The van der Waals surface area contributed by atoms with Crippen LogP contribution in [0.4, 0.5) is 5.82 Å². The van der Waals surface area contributed by atoms with E-state index in [-0.39, 0.29) is 0 Å². The van der Waals surface area contributed by atoms with E-state index in [1.54, 1.807) is 0 Å². The molecule has 2 unspecified atom stereocenters. The van der Waals surface area contributed by atoms with Gasteiger partial charge in [-0.25, -0.2) is 4.98 Å². The van der Waals surface area contributed by atoms with Crippen molar-refractivity contribution in [3.8, 4) is 0 Å². The molecule has 1 aliphatic heterocycles. The monoisotopic (exact) mass is 259 g/mol. The first-order valence-electron chi connectivity index (χ1n) is 7.64. The molecule has 0 radical (unpaired) electrons. The highest BCUT2D eigenvalue weighted by atomic mass is 15.2. The Hall–Kier alpha value is -1.09. The average molecular weight is 259 g/mol. The van der Waals surface area contributed by atoms with Crippen molar-refractivity contribution in [2.24, 2.45) is 11.8 Å². The van der Waals surface area contributed by atoms with E-state index in [4.69, 9.17) is 0 Å². The maximum Gasteiger partial charge on any atom is 0.133 e. The summed E-state index contributed by atoms with van der Waals surface area (Å²) in [6.07, 6.45) is 5.96. The largest absolute Gasteiger partial charge is 0.356 e. The van der Waals surface area contributed by atoms with Crippen LogP contribution in [0.5, 0.6) is 0 Å². The molecule has 2 fully saturated rings. The van der Waals surface area contributed by atoms with Crippen molar-refractivity contribution in [3.05, 3.63) is 23.9 Å². The fourth-order valence-corrected chi connectivity index (χ4v) is 3.23. The Morgan fingerprint density at radius 2 is 2.00 bits per heavy atom. The molecule has 3 heteroatoms. The molecule has 0 aromatic carbocycles. The van der Waals surface area contributed by atoms with E-state index in [2.05, 4.69) is 41.2 Å². The molecule has 3 nitrogen and oxygen atoms in total. The van der Waals surface area contributed by atoms with Gasteiger partial charge in [0.05, 0.1) is 0 Å². The zero-order chi connectivity index (χ0) is 13.2. The minimum Gasteiger partial charge on any atom is -0.356 e. The number of hydrogen-bond acceptors (Lipinski definition) is 3. The van der Waals surface area contributed by atoms with Gasteiger partial charge in [-0.3, -0.25) is 0 Å². The van der Waals surface area contributed by atoms with Crippen molar-refractivity contribution in [2.45, 2.75) is 45.7 Å². The second-order valence-corrected chi connectivity index (χ2v) is 6.49. The smallest absolute Gasteiger partial charge is 0.133 e. The summed E-state index contributed by atoms with van der Waals surface area (Å²) in [6, 6.07) is 5.04. The summed E-state index contributed by atoms with van der Waals surface area (Å²) in [5, 5.41) is 3.61. The maximum atomic E-state index is 4.66. The summed E-state index contributed by atoms with van der Waals surface area (Å²) in [6.45, 7) is 7.98. The van der Waals surface area contributed by atoms with Gasteiger partial charge in [0.2, 0.25) is 0 Å². The second-order valence-electron chi connectivity index (χ2n) is 6.49. The lowest BCUT2D eigenvalue weighted by Gasteiger charge is -2.36. The van der Waals surface area contributed by atoms with Gasteiger partial charge >= 0.3 is 0 Å². The molecule has 2 heterocycles. The summed E-state index contributed by atoms with van der Waals surface area (Å²) < 4.78 is 0. The van der Waals surface area contributed by atoms with Crippen LogP contribution >= 0.6 is 0 Å². The normalized spacial score (nSPS) is 27.6. The Labute approximate surface area is 116 Å². The zero-order valence-electron chi connectivity index (χ0n) is 12.1. The van der Waals surface area contributed by atoms with Gasteiger partial charge in [0.1, 0.15) is 5.82 Å². The standard InChI is InChI=1S/C16H25N3/c1-12-8-13(2)11-19(10-12)16-14(4-3-7-17-16)9-18-15-5-6-15/h3-4,7,12-13,15,18H,5-6,8-11H2,1-2H3. The highest BCUT2D eigenvalue weighted by Gasteiger charge is 2.25. The Morgan fingerprint density at radius 1 is 1.26 bits per heavy atom. The number of nitrogens with zero attached hydrogens (tertiary/aromatic N) is 2. The molecule has 1 N–H and O–H groups in total. The molecular formula is C16H25N3. The third-order valence-electron chi connectivity index (χ3n) is 4.19. The first-order valence-corrected chi connectivity index (χ1v) is 7.64. The van der Waals surface area contributed by atoms with E-state index >= 15 is 0 Å². The molecule has 3 rings (SSSR count). The number of aromatic nitrogens is 1. The minimum absolute atomic E-state index is 0.757. The van der Waals surface area contributed by atoms with Gasteiger partial charge in [0, 0.05) is 37.4 Å². The van der Waals surface area contributed by atoms with Gasteiger partial charge in [-0.15, -0.1) is 0 Å². The quantitative estimate of drug-likeness (QED) is 0.901. The van der Waals surface area contributed by atoms with Crippen molar-refractivity contribution in [2.75, 3.05) is 18.0 Å². The van der Waals surface area contributed by atoms with Crippen LogP contribution in [-0.2, 0) is 6.54 Å². The first kappa shape index (κ1) is 12.9. The molecular weight excluding hydrogens is 234 g/mol. The summed E-state index contributed by atoms with van der Waals surface area (Å²) in [4.78, 5) is 7.14. The average Bonchev–Trinajstić information content (AvgIpc) is 3.19. The SMILES string of the molecule is CC1CC(C)CN(c2ncccc2CNC2CC2)C1. The number of nitrogens with one attached hydrogen (secondary N) is 1. The molecule has 1 aromatic heterocycles. The van der Waals surface area contributed by atoms with Crippen LogP contribution < -0.4 is 10.2 Å². The number of rotatable bonds is 4. The van der Waals surface area contributed by atoms with Gasteiger partial charge < -0.3 is 10.2 Å². The summed E-state index contributed by atoms with van der Waals surface area (Å²) >= 11 is 0. The van der Waals surface area contributed by atoms with E-state index in [0.717, 1.165) is 37.5 Å². The van der Waals surface area contributed by atoms with Gasteiger partial charge in [0.25, 0.3) is 0 Å². The van der Waals surface area contributed by atoms with E-state index in [0.29, 0.717) is 0 Å².